The molecule has 0 aromatic heterocycles. The topological polar surface area (TPSA) is 119 Å². The number of aliphatic hydroxyl groups is 3. The fraction of sp³-hybridized carbons (Fsp3) is 1.00. The van der Waals surface area contributed by atoms with Crippen molar-refractivity contribution in [2.24, 2.45) is 5.11 Å². The first-order valence-electron chi connectivity index (χ1n) is 3.91. The zero-order valence-corrected chi connectivity index (χ0v) is 7.06. The SMILES string of the molecule is [N-]=[N+]=N[C@@H]1O[C@H](C[18F])[C@@H](O)[C@H](O)[C@H]1O. The summed E-state index contributed by atoms with van der Waals surface area (Å²) in [5, 5.41) is 30.6. The van der Waals surface area contributed by atoms with E-state index in [-0.39, 0.29) is 0 Å². The number of aliphatic hydroxyl groups excluding tert-OH is 3. The van der Waals surface area contributed by atoms with Crippen LogP contribution in [-0.2, 0) is 4.74 Å². The predicted octanol–water partition coefficient (Wildman–Crippen LogP) is -0.926. The van der Waals surface area contributed by atoms with E-state index in [1.807, 2.05) is 0 Å². The van der Waals surface area contributed by atoms with Crippen LogP contribution in [-0.4, -0.2) is 52.6 Å². The Morgan fingerprint density at radius 2 is 1.93 bits per heavy atom. The van der Waals surface area contributed by atoms with E-state index in [0.29, 0.717) is 0 Å². The van der Waals surface area contributed by atoms with Gasteiger partial charge in [-0.1, -0.05) is 5.11 Å². The van der Waals surface area contributed by atoms with Crippen molar-refractivity contribution in [3.63, 3.8) is 0 Å². The maximum Gasteiger partial charge on any atom is 0.165 e. The van der Waals surface area contributed by atoms with Crippen LogP contribution in [0.5, 0.6) is 0 Å². The highest BCUT2D eigenvalue weighted by molar-refractivity contribution is 4.91. The lowest BCUT2D eigenvalue weighted by Crippen LogP contribution is -2.57. The molecule has 7 nitrogen and oxygen atoms in total. The van der Waals surface area contributed by atoms with Gasteiger partial charge in [0.25, 0.3) is 0 Å². The Balaban J connectivity index is 2.77. The van der Waals surface area contributed by atoms with E-state index in [4.69, 9.17) is 10.3 Å². The molecule has 0 spiro atoms. The molecule has 0 aliphatic carbocycles. The molecule has 1 saturated heterocycles. The first kappa shape index (κ1) is 11.2. The maximum atomic E-state index is 12.2. The quantitative estimate of drug-likeness (QED) is 0.307. The smallest absolute Gasteiger partial charge is 0.165 e. The van der Waals surface area contributed by atoms with Crippen LogP contribution in [0.15, 0.2) is 5.11 Å². The fourth-order valence-electron chi connectivity index (χ4n) is 1.20. The van der Waals surface area contributed by atoms with E-state index in [2.05, 4.69) is 10.0 Å². The minimum absolute atomic E-state index is 1.04. The van der Waals surface area contributed by atoms with Crippen LogP contribution in [0.4, 0.5) is 4.39 Å². The molecule has 1 heterocycles. The number of hydrogen-bond acceptors (Lipinski definition) is 5. The second-order valence-corrected chi connectivity index (χ2v) is 2.90. The van der Waals surface area contributed by atoms with Crippen LogP contribution in [0.3, 0.4) is 0 Å². The third-order valence-corrected chi connectivity index (χ3v) is 2.00. The predicted molar refractivity (Wildman–Crippen MR) is 41.8 cm³/mol. The molecular weight excluding hydrogens is 196 g/mol. The molecule has 1 fully saturated rings. The molecular formula is C6H10FN3O4. The van der Waals surface area contributed by atoms with Gasteiger partial charge < -0.3 is 20.1 Å². The van der Waals surface area contributed by atoms with Crippen LogP contribution in [0.2, 0.25) is 0 Å². The van der Waals surface area contributed by atoms with Gasteiger partial charge in [-0.25, -0.2) is 4.39 Å². The van der Waals surface area contributed by atoms with E-state index < -0.39 is 37.3 Å². The zero-order valence-electron chi connectivity index (χ0n) is 7.06. The minimum Gasteiger partial charge on any atom is -0.388 e. The monoisotopic (exact) mass is 206 g/mol. The molecule has 80 valence electrons. The molecule has 8 heteroatoms. The molecule has 5 atom stereocenters. The van der Waals surface area contributed by atoms with Gasteiger partial charge in [0.15, 0.2) is 6.23 Å². The van der Waals surface area contributed by atoms with Gasteiger partial charge >= 0.3 is 0 Å². The van der Waals surface area contributed by atoms with Gasteiger partial charge in [0, 0.05) is 4.91 Å². The van der Waals surface area contributed by atoms with Crippen LogP contribution >= 0.6 is 0 Å². The van der Waals surface area contributed by atoms with Gasteiger partial charge in [-0.2, -0.15) is 0 Å². The molecule has 0 radical (unpaired) electrons. The van der Waals surface area contributed by atoms with Crippen molar-refractivity contribution < 1.29 is 24.4 Å². The summed E-state index contributed by atoms with van der Waals surface area (Å²) in [4.78, 5) is 2.36. The summed E-state index contributed by atoms with van der Waals surface area (Å²) in [7, 11) is 0. The number of rotatable bonds is 2. The van der Waals surface area contributed by atoms with E-state index in [1.165, 1.54) is 0 Å². The third-order valence-electron chi connectivity index (χ3n) is 2.00. The van der Waals surface area contributed by atoms with Crippen LogP contribution in [0, 0.1) is 0 Å². The van der Waals surface area contributed by atoms with Crippen molar-refractivity contribution >= 4 is 0 Å². The molecule has 1 rings (SSSR count). The number of hydrogen-bond donors (Lipinski definition) is 3. The second-order valence-electron chi connectivity index (χ2n) is 2.90. The number of ether oxygens (including phenoxy) is 1. The first-order chi connectivity index (χ1) is 6.61. The number of azide groups is 1. The molecule has 14 heavy (non-hydrogen) atoms. The highest BCUT2D eigenvalue weighted by Gasteiger charge is 2.43. The summed E-state index contributed by atoms with van der Waals surface area (Å²) in [5.41, 5.74) is 8.08. The Labute approximate surface area is 78.4 Å². The van der Waals surface area contributed by atoms with Crippen molar-refractivity contribution in [3.8, 4) is 0 Å². The number of alkyl halides is 1. The average Bonchev–Trinajstić information content (AvgIpc) is 2.19. The normalized spacial score (nSPS) is 43.0. The third kappa shape index (κ3) is 1.94. The van der Waals surface area contributed by atoms with E-state index in [9.17, 15) is 19.7 Å². The van der Waals surface area contributed by atoms with Gasteiger partial charge in [-0.15, -0.1) is 0 Å². The van der Waals surface area contributed by atoms with Gasteiger partial charge in [0.1, 0.15) is 31.1 Å². The molecule has 0 saturated carbocycles. The Hall–Kier alpha value is -0.920. The molecule has 1 aliphatic rings. The van der Waals surface area contributed by atoms with Crippen molar-refractivity contribution in [2.75, 3.05) is 6.67 Å². The minimum atomic E-state index is -1.58. The summed E-state index contributed by atoms with van der Waals surface area (Å²) in [5.74, 6) is 0. The summed E-state index contributed by atoms with van der Waals surface area (Å²) < 4.78 is 16.9. The van der Waals surface area contributed by atoms with Crippen molar-refractivity contribution in [1.82, 2.24) is 0 Å². The Morgan fingerprint density at radius 1 is 1.29 bits per heavy atom. The van der Waals surface area contributed by atoms with Crippen LogP contribution in [0.25, 0.3) is 10.4 Å². The highest BCUT2D eigenvalue weighted by atomic mass is 18.2. The van der Waals surface area contributed by atoms with Crippen molar-refractivity contribution in [3.05, 3.63) is 10.4 Å². The fourth-order valence-corrected chi connectivity index (χ4v) is 1.20. The van der Waals surface area contributed by atoms with E-state index in [0.717, 1.165) is 0 Å². The average molecular weight is 206 g/mol. The van der Waals surface area contributed by atoms with Gasteiger partial charge in [0.05, 0.1) is 0 Å². The summed E-state index contributed by atoms with van der Waals surface area (Å²) in [6.45, 7) is -1.04. The molecule has 1 aliphatic heterocycles. The highest BCUT2D eigenvalue weighted by Crippen LogP contribution is 2.22. The summed E-state index contributed by atoms with van der Waals surface area (Å²) >= 11 is 0. The molecule has 0 aromatic carbocycles. The summed E-state index contributed by atoms with van der Waals surface area (Å²) in [6, 6.07) is 0. The van der Waals surface area contributed by atoms with Crippen molar-refractivity contribution in [2.45, 2.75) is 30.6 Å². The van der Waals surface area contributed by atoms with Crippen LogP contribution in [0.1, 0.15) is 0 Å². The largest absolute Gasteiger partial charge is 0.388 e. The lowest BCUT2D eigenvalue weighted by molar-refractivity contribution is -0.222. The lowest BCUT2D eigenvalue weighted by atomic mass is 9.99. The molecule has 0 amide bonds. The first-order valence-corrected chi connectivity index (χ1v) is 3.91. The van der Waals surface area contributed by atoms with Crippen LogP contribution < -0.4 is 0 Å². The zero-order chi connectivity index (χ0) is 10.7. The van der Waals surface area contributed by atoms with Gasteiger partial charge in [-0.3, -0.25) is 0 Å². The van der Waals surface area contributed by atoms with Crippen molar-refractivity contribution in [1.29, 1.82) is 0 Å². The second kappa shape index (κ2) is 4.54. The van der Waals surface area contributed by atoms with Gasteiger partial charge in [0.2, 0.25) is 0 Å². The van der Waals surface area contributed by atoms with E-state index >= 15 is 0 Å². The Morgan fingerprint density at radius 3 is 2.43 bits per heavy atom. The Bertz CT molecular complexity index is 245. The lowest BCUT2D eigenvalue weighted by Gasteiger charge is -2.37. The van der Waals surface area contributed by atoms with E-state index in [1.54, 1.807) is 0 Å². The van der Waals surface area contributed by atoms with Gasteiger partial charge in [-0.05, 0) is 5.53 Å². The number of halogens is 1. The molecule has 0 aromatic rings. The Kier molecular flexibility index (Phi) is 3.62. The summed E-state index contributed by atoms with van der Waals surface area (Å²) in [6.07, 6.45) is -7.33. The molecule has 3 N–H and O–H groups in total. The molecule has 0 bridgehead atoms. The molecule has 0 unspecified atom stereocenters. The maximum absolute atomic E-state index is 12.2. The number of nitrogens with zero attached hydrogens (tertiary/aromatic N) is 3. The standard InChI is InChI=1S/C6H10FN3O4/c7-1-2-3(11)4(12)5(13)6(14-2)9-10-8/h2-6,11-13H,1H2/t2-,3-,4+,5-,6-/m1/s1/i7-1.